The molecule has 1 aromatic heterocycles. The first-order chi connectivity index (χ1) is 9.88. The van der Waals surface area contributed by atoms with Crippen LogP contribution in [-0.2, 0) is 14.8 Å². The highest BCUT2D eigenvalue weighted by molar-refractivity contribution is 7.91. The van der Waals surface area contributed by atoms with Crippen molar-refractivity contribution in [1.82, 2.24) is 14.6 Å². The third kappa shape index (κ3) is 2.65. The van der Waals surface area contributed by atoms with E-state index < -0.39 is 10.0 Å². The molecule has 3 rings (SSSR count). The molecule has 1 amide bonds. The number of carbonyl (C=O) groups excluding carboxylic acids is 1. The minimum Gasteiger partial charge on any atom is -0.353 e. The molecule has 2 N–H and O–H groups in total. The molecule has 0 radical (unpaired) electrons. The molecule has 7 nitrogen and oxygen atoms in total. The van der Waals surface area contributed by atoms with Crippen LogP contribution < -0.4 is 10.2 Å². The Balaban J connectivity index is 1.83. The van der Waals surface area contributed by atoms with Gasteiger partial charge >= 0.3 is 4.87 Å². The first-order valence-corrected chi connectivity index (χ1v) is 9.13. The minimum absolute atomic E-state index is 0.0484. The van der Waals surface area contributed by atoms with Crippen LogP contribution in [0.4, 0.5) is 0 Å². The highest BCUT2D eigenvalue weighted by Gasteiger charge is 2.39. The normalized spacial score (nSPS) is 27.2. The number of aryl methyl sites for hydroxylation is 1. The van der Waals surface area contributed by atoms with Crippen molar-refractivity contribution in [2.45, 2.75) is 36.4 Å². The van der Waals surface area contributed by atoms with E-state index in [2.05, 4.69) is 10.3 Å². The first-order valence-electron chi connectivity index (χ1n) is 6.87. The Bertz CT molecular complexity index is 721. The van der Waals surface area contributed by atoms with E-state index >= 15 is 0 Å². The third-order valence-corrected chi connectivity index (χ3v) is 7.59. The van der Waals surface area contributed by atoms with Crippen molar-refractivity contribution in [3.8, 4) is 0 Å². The lowest BCUT2D eigenvalue weighted by Gasteiger charge is -2.40. The predicted molar refractivity (Wildman–Crippen MR) is 77.7 cm³/mol. The lowest BCUT2D eigenvalue weighted by Crippen LogP contribution is -2.54. The Morgan fingerprint density at radius 1 is 1.29 bits per heavy atom. The lowest BCUT2D eigenvalue weighted by atomic mass is 9.86. The van der Waals surface area contributed by atoms with Crippen molar-refractivity contribution in [2.75, 3.05) is 13.1 Å². The number of H-pyrrole nitrogens is 1. The third-order valence-electron chi connectivity index (χ3n) is 4.14. The van der Waals surface area contributed by atoms with Crippen LogP contribution >= 0.6 is 11.3 Å². The van der Waals surface area contributed by atoms with Gasteiger partial charge in [0.05, 0.1) is 0 Å². The van der Waals surface area contributed by atoms with Crippen molar-refractivity contribution in [3.63, 3.8) is 0 Å². The van der Waals surface area contributed by atoms with Crippen LogP contribution in [-0.4, -0.2) is 42.7 Å². The second-order valence-electron chi connectivity index (χ2n) is 5.55. The van der Waals surface area contributed by atoms with Crippen molar-refractivity contribution >= 4 is 27.3 Å². The first kappa shape index (κ1) is 14.7. The van der Waals surface area contributed by atoms with Gasteiger partial charge in [0.1, 0.15) is 0 Å². The van der Waals surface area contributed by atoms with Gasteiger partial charge in [-0.15, -0.1) is 0 Å². The molecule has 2 unspecified atom stereocenters. The van der Waals surface area contributed by atoms with Crippen molar-refractivity contribution in [2.24, 2.45) is 5.92 Å². The summed E-state index contributed by atoms with van der Waals surface area (Å²) in [6.45, 7) is 2.37. The van der Waals surface area contributed by atoms with E-state index in [9.17, 15) is 18.0 Å². The van der Waals surface area contributed by atoms with Gasteiger partial charge in [0, 0.05) is 31.2 Å². The Kier molecular flexibility index (Phi) is 3.66. The van der Waals surface area contributed by atoms with Gasteiger partial charge in [0.25, 0.3) is 10.0 Å². The molecule has 21 heavy (non-hydrogen) atoms. The number of nitrogens with one attached hydrogen (secondary N) is 2. The number of thiazole rings is 1. The molecule has 0 aliphatic carbocycles. The fourth-order valence-electron chi connectivity index (χ4n) is 3.05. The fourth-order valence-corrected chi connectivity index (χ4v) is 6.00. The zero-order chi connectivity index (χ0) is 15.2. The van der Waals surface area contributed by atoms with Crippen LogP contribution in [0.3, 0.4) is 0 Å². The summed E-state index contributed by atoms with van der Waals surface area (Å²) in [5.74, 6) is 0.203. The monoisotopic (exact) mass is 331 g/mol. The summed E-state index contributed by atoms with van der Waals surface area (Å²) in [5, 5.41) is 2.93. The Labute approximate surface area is 126 Å². The predicted octanol–water partition coefficient (Wildman–Crippen LogP) is 0.0340. The zero-order valence-corrected chi connectivity index (χ0v) is 13.2. The summed E-state index contributed by atoms with van der Waals surface area (Å²) in [4.78, 5) is 24.9. The smallest absolute Gasteiger partial charge is 0.305 e. The molecular weight excluding hydrogens is 314 g/mol. The minimum atomic E-state index is -3.63. The molecule has 2 aliphatic heterocycles. The second kappa shape index (κ2) is 5.22. The number of hydrogen-bond donors (Lipinski definition) is 2. The van der Waals surface area contributed by atoms with Gasteiger partial charge in [0.2, 0.25) is 5.91 Å². The molecule has 0 saturated carbocycles. The molecule has 1 aromatic rings. The van der Waals surface area contributed by atoms with Crippen LogP contribution in [0.5, 0.6) is 0 Å². The largest absolute Gasteiger partial charge is 0.353 e. The summed E-state index contributed by atoms with van der Waals surface area (Å²) in [5.41, 5.74) is 0.393. The van der Waals surface area contributed by atoms with Gasteiger partial charge in [-0.1, -0.05) is 11.3 Å². The quantitative estimate of drug-likeness (QED) is 0.799. The van der Waals surface area contributed by atoms with E-state index in [1.54, 1.807) is 6.92 Å². The van der Waals surface area contributed by atoms with E-state index in [-0.39, 0.29) is 26.9 Å². The van der Waals surface area contributed by atoms with E-state index in [1.165, 1.54) is 4.31 Å². The zero-order valence-electron chi connectivity index (χ0n) is 11.6. The number of sulfonamides is 1. The van der Waals surface area contributed by atoms with Crippen molar-refractivity contribution in [1.29, 1.82) is 0 Å². The molecule has 2 saturated heterocycles. The van der Waals surface area contributed by atoms with Gasteiger partial charge in [0.15, 0.2) is 4.21 Å². The van der Waals surface area contributed by atoms with Gasteiger partial charge < -0.3 is 10.3 Å². The van der Waals surface area contributed by atoms with Crippen molar-refractivity contribution in [3.05, 3.63) is 15.4 Å². The van der Waals surface area contributed by atoms with E-state index in [1.807, 2.05) is 0 Å². The lowest BCUT2D eigenvalue weighted by molar-refractivity contribution is -0.124. The van der Waals surface area contributed by atoms with Crippen LogP contribution in [0.15, 0.2) is 9.00 Å². The van der Waals surface area contributed by atoms with Crippen LogP contribution in [0, 0.1) is 12.8 Å². The molecule has 9 heteroatoms. The summed E-state index contributed by atoms with van der Waals surface area (Å²) >= 11 is 0.734. The maximum Gasteiger partial charge on any atom is 0.305 e. The topological polar surface area (TPSA) is 99.3 Å². The number of amides is 1. The van der Waals surface area contributed by atoms with Crippen LogP contribution in [0.25, 0.3) is 0 Å². The summed E-state index contributed by atoms with van der Waals surface area (Å²) in [7, 11) is -3.63. The van der Waals surface area contributed by atoms with Gasteiger partial charge in [-0.25, -0.2) is 8.42 Å². The number of carbonyl (C=O) groups is 1. The Hall–Kier alpha value is -1.19. The molecule has 2 atom stereocenters. The van der Waals surface area contributed by atoms with Crippen LogP contribution in [0.2, 0.25) is 0 Å². The summed E-state index contributed by atoms with van der Waals surface area (Å²) in [6.07, 6.45) is 1.78. The standard InChI is InChI=1S/C12H17N3O4S2/c1-7-11(20-12(17)13-7)21(18,19)15-5-4-9-8(6-15)2-3-10(16)14-9/h8-9H,2-6H2,1H3,(H,13,17)(H,14,16). The highest BCUT2D eigenvalue weighted by atomic mass is 32.2. The van der Waals surface area contributed by atoms with Gasteiger partial charge in [-0.05, 0) is 25.7 Å². The number of aromatic amines is 1. The average molecular weight is 331 g/mol. The highest BCUT2D eigenvalue weighted by Crippen LogP contribution is 2.30. The number of hydrogen-bond acceptors (Lipinski definition) is 5. The Morgan fingerprint density at radius 3 is 2.71 bits per heavy atom. The van der Waals surface area contributed by atoms with E-state index in [0.29, 0.717) is 38.0 Å². The van der Waals surface area contributed by atoms with Gasteiger partial charge in [-0.2, -0.15) is 4.31 Å². The maximum absolute atomic E-state index is 12.7. The van der Waals surface area contributed by atoms with Crippen LogP contribution in [0.1, 0.15) is 25.0 Å². The summed E-state index contributed by atoms with van der Waals surface area (Å²) in [6, 6.07) is 0.0729. The molecule has 0 bridgehead atoms. The molecule has 2 fully saturated rings. The number of piperidine rings is 2. The van der Waals surface area contributed by atoms with Crippen molar-refractivity contribution < 1.29 is 13.2 Å². The number of nitrogens with zero attached hydrogens (tertiary/aromatic N) is 1. The molecule has 2 aliphatic rings. The molecule has 3 heterocycles. The number of rotatable bonds is 2. The number of fused-ring (bicyclic) bond motifs is 1. The molecule has 0 spiro atoms. The summed E-state index contributed by atoms with van der Waals surface area (Å²) < 4.78 is 26.8. The van der Waals surface area contributed by atoms with Gasteiger partial charge in [-0.3, -0.25) is 9.59 Å². The SMILES string of the molecule is Cc1[nH]c(=O)sc1S(=O)(=O)N1CCC2NC(=O)CCC2C1. The van der Waals surface area contributed by atoms with E-state index in [0.717, 1.165) is 11.3 Å². The fraction of sp³-hybridized carbons (Fsp3) is 0.667. The molecule has 116 valence electrons. The maximum atomic E-state index is 12.7. The second-order valence-corrected chi connectivity index (χ2v) is 8.67. The molecule has 0 aromatic carbocycles. The number of aromatic nitrogens is 1. The average Bonchev–Trinajstić information content (AvgIpc) is 2.77. The Morgan fingerprint density at radius 2 is 2.05 bits per heavy atom. The molecular formula is C12H17N3O4S2. The van der Waals surface area contributed by atoms with E-state index in [4.69, 9.17) is 0 Å².